The second kappa shape index (κ2) is 11.2. The van der Waals surface area contributed by atoms with Crippen molar-refractivity contribution in [2.75, 3.05) is 19.7 Å². The fourth-order valence-corrected chi connectivity index (χ4v) is 6.12. The van der Waals surface area contributed by atoms with E-state index in [1.165, 1.54) is 22.3 Å². The molecule has 0 bridgehead atoms. The molecule has 0 heterocycles. The van der Waals surface area contributed by atoms with Crippen LogP contribution in [0.2, 0.25) is 0 Å². The van der Waals surface area contributed by atoms with Crippen LogP contribution in [-0.4, -0.2) is 42.5 Å². The third-order valence-electron chi connectivity index (χ3n) is 8.66. The number of hydrogen-bond acceptors (Lipinski definition) is 4. The molecular formula is C33H35N3O4. The summed E-state index contributed by atoms with van der Waals surface area (Å²) in [5.41, 5.74) is 11.6. The second-order valence-electron chi connectivity index (χ2n) is 11.4. The van der Waals surface area contributed by atoms with Crippen LogP contribution in [0.25, 0.3) is 11.1 Å². The molecule has 3 aliphatic rings. The molecule has 0 unspecified atom stereocenters. The molecule has 3 aromatic rings. The molecule has 3 amide bonds. The molecule has 2 atom stereocenters. The van der Waals surface area contributed by atoms with E-state index < -0.39 is 12.0 Å². The average molecular weight is 538 g/mol. The summed E-state index contributed by atoms with van der Waals surface area (Å²) in [6.07, 6.45) is 3.55. The lowest BCUT2D eigenvalue weighted by Crippen LogP contribution is -2.47. The van der Waals surface area contributed by atoms with E-state index in [1.807, 2.05) is 35.2 Å². The van der Waals surface area contributed by atoms with Gasteiger partial charge in [-0.1, -0.05) is 60.7 Å². The van der Waals surface area contributed by atoms with Crippen LogP contribution in [0.5, 0.6) is 0 Å². The van der Waals surface area contributed by atoms with Gasteiger partial charge in [0.2, 0.25) is 11.8 Å². The summed E-state index contributed by atoms with van der Waals surface area (Å²) in [5.74, 6) is 0.182. The van der Waals surface area contributed by atoms with Crippen molar-refractivity contribution in [1.29, 1.82) is 0 Å². The normalized spacial score (nSPS) is 19.2. The van der Waals surface area contributed by atoms with Crippen LogP contribution in [0, 0.1) is 17.8 Å². The van der Waals surface area contributed by atoms with Gasteiger partial charge >= 0.3 is 6.09 Å². The number of benzene rings is 3. The van der Waals surface area contributed by atoms with Gasteiger partial charge in [0.15, 0.2) is 0 Å². The number of carbonyl (C=O) groups excluding carboxylic acids is 3. The number of rotatable bonds is 10. The van der Waals surface area contributed by atoms with Gasteiger partial charge in [-0.3, -0.25) is 9.59 Å². The van der Waals surface area contributed by atoms with Crippen LogP contribution in [0.4, 0.5) is 4.79 Å². The summed E-state index contributed by atoms with van der Waals surface area (Å²) >= 11 is 0. The Morgan fingerprint density at radius 2 is 1.57 bits per heavy atom. The van der Waals surface area contributed by atoms with Gasteiger partial charge in [0.1, 0.15) is 6.61 Å². The molecule has 0 radical (unpaired) electrons. The van der Waals surface area contributed by atoms with Crippen LogP contribution in [0.15, 0.2) is 72.8 Å². The van der Waals surface area contributed by atoms with E-state index in [-0.39, 0.29) is 30.3 Å². The number of amides is 3. The minimum Gasteiger partial charge on any atom is -0.449 e. The SMILES string of the molecule is NC(=O)c1cccc(CN(CC2CC2)C(=O)[C@H]2CC[C@H]2CNC(=O)OCC2c3ccccc3-c3ccccc32)c1. The predicted molar refractivity (Wildman–Crippen MR) is 152 cm³/mol. The third kappa shape index (κ3) is 5.46. The van der Waals surface area contributed by atoms with Crippen molar-refractivity contribution >= 4 is 17.9 Å². The van der Waals surface area contributed by atoms with Crippen molar-refractivity contribution in [3.8, 4) is 11.1 Å². The largest absolute Gasteiger partial charge is 0.449 e. The Balaban J connectivity index is 1.04. The van der Waals surface area contributed by atoms with Gasteiger partial charge in [0.05, 0.1) is 0 Å². The Hall–Kier alpha value is -4.13. The molecule has 206 valence electrons. The van der Waals surface area contributed by atoms with Crippen molar-refractivity contribution in [2.45, 2.75) is 38.1 Å². The van der Waals surface area contributed by atoms with Gasteiger partial charge in [0.25, 0.3) is 0 Å². The number of primary amides is 1. The summed E-state index contributed by atoms with van der Waals surface area (Å²) < 4.78 is 5.69. The zero-order valence-electron chi connectivity index (χ0n) is 22.6. The molecule has 0 aromatic heterocycles. The Labute approximate surface area is 234 Å². The Kier molecular flexibility index (Phi) is 7.29. The van der Waals surface area contributed by atoms with E-state index in [4.69, 9.17) is 10.5 Å². The first-order valence-corrected chi connectivity index (χ1v) is 14.2. The molecule has 2 fully saturated rings. The first-order valence-electron chi connectivity index (χ1n) is 14.2. The quantitative estimate of drug-likeness (QED) is 0.376. The number of ether oxygens (including phenoxy) is 1. The van der Waals surface area contributed by atoms with Crippen molar-refractivity contribution in [2.24, 2.45) is 23.5 Å². The number of hydrogen-bond donors (Lipinski definition) is 2. The van der Waals surface area contributed by atoms with Gasteiger partial charge in [-0.15, -0.1) is 0 Å². The van der Waals surface area contributed by atoms with Crippen molar-refractivity contribution in [3.05, 3.63) is 95.1 Å². The Bertz CT molecular complexity index is 1390. The van der Waals surface area contributed by atoms with Crippen molar-refractivity contribution < 1.29 is 19.1 Å². The minimum absolute atomic E-state index is 0.0141. The van der Waals surface area contributed by atoms with Gasteiger partial charge in [-0.25, -0.2) is 4.79 Å². The fraction of sp³-hybridized carbons (Fsp3) is 0.364. The maximum atomic E-state index is 13.6. The van der Waals surface area contributed by atoms with E-state index in [2.05, 4.69) is 29.6 Å². The summed E-state index contributed by atoms with van der Waals surface area (Å²) in [7, 11) is 0. The van der Waals surface area contributed by atoms with Crippen molar-refractivity contribution in [3.63, 3.8) is 0 Å². The second-order valence-corrected chi connectivity index (χ2v) is 11.4. The molecule has 6 rings (SSSR count). The molecule has 0 aliphatic heterocycles. The molecule has 3 N–H and O–H groups in total. The summed E-state index contributed by atoms with van der Waals surface area (Å²) in [4.78, 5) is 39.8. The lowest BCUT2D eigenvalue weighted by atomic mass is 9.72. The lowest BCUT2D eigenvalue weighted by molar-refractivity contribution is -0.142. The van der Waals surface area contributed by atoms with E-state index in [0.29, 0.717) is 24.6 Å². The fourth-order valence-electron chi connectivity index (χ4n) is 6.12. The molecular weight excluding hydrogens is 502 g/mol. The number of nitrogens with two attached hydrogens (primary N) is 1. The number of nitrogens with one attached hydrogen (secondary N) is 1. The van der Waals surface area contributed by atoms with Gasteiger partial charge in [-0.2, -0.15) is 0 Å². The zero-order valence-corrected chi connectivity index (χ0v) is 22.6. The maximum Gasteiger partial charge on any atom is 0.407 e. The zero-order chi connectivity index (χ0) is 27.6. The van der Waals surface area contributed by atoms with Gasteiger partial charge < -0.3 is 20.7 Å². The van der Waals surface area contributed by atoms with E-state index in [0.717, 1.165) is 37.8 Å². The lowest BCUT2D eigenvalue weighted by Gasteiger charge is -2.39. The van der Waals surface area contributed by atoms with Gasteiger partial charge in [-0.05, 0) is 77.5 Å². The van der Waals surface area contributed by atoms with Crippen LogP contribution < -0.4 is 11.1 Å². The van der Waals surface area contributed by atoms with Gasteiger partial charge in [0, 0.05) is 37.0 Å². The minimum atomic E-state index is -0.472. The van der Waals surface area contributed by atoms with Crippen molar-refractivity contribution in [1.82, 2.24) is 10.2 Å². The highest BCUT2D eigenvalue weighted by atomic mass is 16.5. The van der Waals surface area contributed by atoms with E-state index in [9.17, 15) is 14.4 Å². The summed E-state index contributed by atoms with van der Waals surface area (Å²) in [5, 5.41) is 2.92. The summed E-state index contributed by atoms with van der Waals surface area (Å²) in [6, 6.07) is 23.7. The molecule has 3 aliphatic carbocycles. The number of alkyl carbamates (subject to hydrolysis) is 1. The Morgan fingerprint density at radius 1 is 0.875 bits per heavy atom. The number of nitrogens with zero attached hydrogens (tertiary/aromatic N) is 1. The molecule has 0 spiro atoms. The first kappa shape index (κ1) is 26.1. The number of fused-ring (bicyclic) bond motifs is 3. The first-order chi connectivity index (χ1) is 19.5. The van der Waals surface area contributed by atoms with Crippen LogP contribution >= 0.6 is 0 Å². The predicted octanol–water partition coefficient (Wildman–Crippen LogP) is 5.09. The average Bonchev–Trinajstić information content (AvgIpc) is 3.71. The molecule has 3 aromatic carbocycles. The van der Waals surface area contributed by atoms with Crippen LogP contribution in [0.3, 0.4) is 0 Å². The highest BCUT2D eigenvalue weighted by Gasteiger charge is 2.40. The highest BCUT2D eigenvalue weighted by molar-refractivity contribution is 5.93. The smallest absolute Gasteiger partial charge is 0.407 e. The van der Waals surface area contributed by atoms with Crippen LogP contribution in [0.1, 0.15) is 58.6 Å². The molecule has 7 heteroatoms. The monoisotopic (exact) mass is 537 g/mol. The Morgan fingerprint density at radius 3 is 2.20 bits per heavy atom. The number of carbonyl (C=O) groups is 3. The molecule has 7 nitrogen and oxygen atoms in total. The molecule has 40 heavy (non-hydrogen) atoms. The molecule has 2 saturated carbocycles. The van der Waals surface area contributed by atoms with Crippen LogP contribution in [-0.2, 0) is 16.1 Å². The topological polar surface area (TPSA) is 102 Å². The highest BCUT2D eigenvalue weighted by Crippen LogP contribution is 2.44. The standard InChI is InChI=1S/C33H35N3O4/c34-31(37)23-7-5-6-22(16-23)19-36(18-21-12-13-21)32(38)25-15-14-24(25)17-35-33(39)40-20-30-28-10-3-1-8-26(28)27-9-2-4-11-29(27)30/h1-11,16,21,24-25,30H,12-15,17-20H2,(H2,34,37)(H,35,39)/t24-,25-/m0/s1. The maximum absolute atomic E-state index is 13.6. The summed E-state index contributed by atoms with van der Waals surface area (Å²) in [6.45, 7) is 1.87. The molecule has 0 saturated heterocycles. The van der Waals surface area contributed by atoms with E-state index >= 15 is 0 Å². The van der Waals surface area contributed by atoms with E-state index in [1.54, 1.807) is 18.2 Å². The third-order valence-corrected chi connectivity index (χ3v) is 8.66.